The fourth-order valence-electron chi connectivity index (χ4n) is 3.86. The third kappa shape index (κ3) is 12.6. The highest BCUT2D eigenvalue weighted by molar-refractivity contribution is 4.90. The zero-order chi connectivity index (χ0) is 21.2. The Bertz CT molecular complexity index is 387. The highest BCUT2D eigenvalue weighted by atomic mass is 16.6. The van der Waals surface area contributed by atoms with Crippen molar-refractivity contribution in [1.82, 2.24) is 0 Å². The van der Waals surface area contributed by atoms with Crippen molar-refractivity contribution in [2.45, 2.75) is 128 Å². The van der Waals surface area contributed by atoms with E-state index in [2.05, 4.69) is 6.92 Å². The second-order valence-corrected chi connectivity index (χ2v) is 8.47. The monoisotopic (exact) mass is 414 g/mol. The maximum atomic E-state index is 9.81. The molecule has 1 rings (SSSR count). The zero-order valence-corrected chi connectivity index (χ0v) is 18.6. The quantitative estimate of drug-likeness (QED) is 0.208. The Morgan fingerprint density at radius 3 is 1.83 bits per heavy atom. The molecule has 0 aliphatic carbocycles. The van der Waals surface area contributed by atoms with Gasteiger partial charge < -0.3 is 24.8 Å². The molecule has 5 heteroatoms. The summed E-state index contributed by atoms with van der Waals surface area (Å²) in [5, 5.41) is 28.7. The van der Waals surface area contributed by atoms with Gasteiger partial charge in [-0.25, -0.2) is 0 Å². The molecule has 0 bridgehead atoms. The van der Waals surface area contributed by atoms with E-state index in [0.29, 0.717) is 0 Å². The van der Waals surface area contributed by atoms with E-state index in [-0.39, 0.29) is 13.2 Å². The van der Waals surface area contributed by atoms with Crippen molar-refractivity contribution in [2.24, 2.45) is 0 Å². The summed E-state index contributed by atoms with van der Waals surface area (Å²) in [7, 11) is 0. The average molecular weight is 415 g/mol. The van der Waals surface area contributed by atoms with E-state index in [1.165, 1.54) is 83.5 Å². The van der Waals surface area contributed by atoms with E-state index in [9.17, 15) is 15.3 Å². The Kier molecular flexibility index (Phi) is 16.6. The smallest absolute Gasteiger partial charge is 0.149 e. The van der Waals surface area contributed by atoms with Gasteiger partial charge in [0, 0.05) is 0 Å². The van der Waals surface area contributed by atoms with Crippen molar-refractivity contribution in [3.8, 4) is 0 Å². The van der Waals surface area contributed by atoms with Gasteiger partial charge in [-0.15, -0.1) is 0 Å². The second-order valence-electron chi connectivity index (χ2n) is 8.47. The minimum absolute atomic E-state index is 0.0778. The SMILES string of the molecule is CCCCCCCCCCCCCCCC/C=C/O[C@@H](CO)[C@H]1OC[C@@H](O)[C@H]1O. The maximum Gasteiger partial charge on any atom is 0.149 e. The van der Waals surface area contributed by atoms with Crippen molar-refractivity contribution < 1.29 is 24.8 Å². The van der Waals surface area contributed by atoms with Gasteiger partial charge in [0.25, 0.3) is 0 Å². The molecule has 172 valence electrons. The number of hydrogen-bond acceptors (Lipinski definition) is 5. The molecule has 3 N–H and O–H groups in total. The molecule has 1 saturated heterocycles. The average Bonchev–Trinajstić information content (AvgIpc) is 3.06. The zero-order valence-electron chi connectivity index (χ0n) is 18.6. The Labute approximate surface area is 178 Å². The third-order valence-electron chi connectivity index (χ3n) is 5.81. The van der Waals surface area contributed by atoms with Gasteiger partial charge in [-0.1, -0.05) is 90.4 Å². The molecule has 1 aliphatic rings. The fourth-order valence-corrected chi connectivity index (χ4v) is 3.86. The molecular formula is C24H46O5. The van der Waals surface area contributed by atoms with Crippen LogP contribution in [-0.2, 0) is 9.47 Å². The van der Waals surface area contributed by atoms with Gasteiger partial charge >= 0.3 is 0 Å². The van der Waals surface area contributed by atoms with Crippen molar-refractivity contribution >= 4 is 0 Å². The van der Waals surface area contributed by atoms with Gasteiger partial charge in [-0.2, -0.15) is 0 Å². The summed E-state index contributed by atoms with van der Waals surface area (Å²) in [6, 6.07) is 0. The number of aliphatic hydroxyl groups excluding tert-OH is 3. The van der Waals surface area contributed by atoms with Crippen LogP contribution in [0.2, 0.25) is 0 Å². The molecule has 0 aromatic carbocycles. The predicted octanol–water partition coefficient (Wildman–Crippen LogP) is 4.87. The third-order valence-corrected chi connectivity index (χ3v) is 5.81. The maximum absolute atomic E-state index is 9.81. The lowest BCUT2D eigenvalue weighted by atomic mass is 10.0. The highest BCUT2D eigenvalue weighted by Gasteiger charge is 2.40. The number of ether oxygens (including phenoxy) is 2. The van der Waals surface area contributed by atoms with E-state index < -0.39 is 24.4 Å². The molecule has 0 saturated carbocycles. The van der Waals surface area contributed by atoms with Gasteiger partial charge in [-0.3, -0.25) is 0 Å². The van der Waals surface area contributed by atoms with Crippen LogP contribution in [0.4, 0.5) is 0 Å². The van der Waals surface area contributed by atoms with Gasteiger partial charge in [-0.05, 0) is 18.9 Å². The standard InChI is InChI=1S/C24H46O5/c1-2-3-4-5-6-7-8-9-10-11-12-13-14-15-16-17-18-28-22(19-25)24-23(27)21(26)20-29-24/h17-18,21-27H,2-16,19-20H2,1H3/b18-17+/t21-,22+,23-,24-/m1/s1. The molecule has 1 heterocycles. The number of unbranched alkanes of at least 4 members (excludes halogenated alkanes) is 14. The topological polar surface area (TPSA) is 79.2 Å². The van der Waals surface area contributed by atoms with E-state index in [4.69, 9.17) is 9.47 Å². The summed E-state index contributed by atoms with van der Waals surface area (Å²) in [5.41, 5.74) is 0. The number of allylic oxidation sites excluding steroid dienone is 1. The van der Waals surface area contributed by atoms with Crippen LogP contribution >= 0.6 is 0 Å². The molecular weight excluding hydrogens is 368 g/mol. The molecule has 0 spiro atoms. The first-order valence-corrected chi connectivity index (χ1v) is 12.1. The predicted molar refractivity (Wildman–Crippen MR) is 118 cm³/mol. The van der Waals surface area contributed by atoms with Gasteiger partial charge in [0.15, 0.2) is 0 Å². The van der Waals surface area contributed by atoms with Crippen LogP contribution in [-0.4, -0.2) is 52.9 Å². The van der Waals surface area contributed by atoms with E-state index >= 15 is 0 Å². The molecule has 0 aromatic heterocycles. The fraction of sp³-hybridized carbons (Fsp3) is 0.917. The van der Waals surface area contributed by atoms with Crippen LogP contribution in [0.5, 0.6) is 0 Å². The van der Waals surface area contributed by atoms with Crippen LogP contribution in [0, 0.1) is 0 Å². The lowest BCUT2D eigenvalue weighted by Gasteiger charge is -2.23. The first-order valence-electron chi connectivity index (χ1n) is 12.1. The van der Waals surface area contributed by atoms with Gasteiger partial charge in [0.1, 0.15) is 24.4 Å². The number of aliphatic hydroxyl groups is 3. The number of hydrogen-bond donors (Lipinski definition) is 3. The van der Waals surface area contributed by atoms with Crippen LogP contribution in [0.25, 0.3) is 0 Å². The normalized spacial score (nSPS) is 23.1. The summed E-state index contributed by atoms with van der Waals surface area (Å²) >= 11 is 0. The van der Waals surface area contributed by atoms with Crippen LogP contribution < -0.4 is 0 Å². The van der Waals surface area contributed by atoms with Crippen molar-refractivity contribution in [2.75, 3.05) is 13.2 Å². The summed E-state index contributed by atoms with van der Waals surface area (Å²) in [6.07, 6.45) is 20.2. The molecule has 0 amide bonds. The summed E-state index contributed by atoms with van der Waals surface area (Å²) < 4.78 is 10.8. The molecule has 29 heavy (non-hydrogen) atoms. The van der Waals surface area contributed by atoms with Crippen molar-refractivity contribution in [3.63, 3.8) is 0 Å². The van der Waals surface area contributed by atoms with Crippen LogP contribution in [0.15, 0.2) is 12.3 Å². The lowest BCUT2D eigenvalue weighted by Crippen LogP contribution is -2.41. The first kappa shape index (κ1) is 26.4. The molecule has 0 radical (unpaired) electrons. The van der Waals surface area contributed by atoms with Crippen LogP contribution in [0.3, 0.4) is 0 Å². The Morgan fingerprint density at radius 1 is 0.862 bits per heavy atom. The molecule has 5 nitrogen and oxygen atoms in total. The Balaban J connectivity index is 1.87. The Morgan fingerprint density at radius 2 is 1.38 bits per heavy atom. The molecule has 1 aliphatic heterocycles. The van der Waals surface area contributed by atoms with E-state index in [1.54, 1.807) is 6.26 Å². The van der Waals surface area contributed by atoms with Gasteiger partial charge in [0.2, 0.25) is 0 Å². The summed E-state index contributed by atoms with van der Waals surface area (Å²) in [4.78, 5) is 0. The van der Waals surface area contributed by atoms with Crippen molar-refractivity contribution in [3.05, 3.63) is 12.3 Å². The van der Waals surface area contributed by atoms with Crippen LogP contribution in [0.1, 0.15) is 103 Å². The minimum atomic E-state index is -1.01. The molecule has 4 atom stereocenters. The lowest BCUT2D eigenvalue weighted by molar-refractivity contribution is -0.0737. The van der Waals surface area contributed by atoms with Crippen molar-refractivity contribution in [1.29, 1.82) is 0 Å². The molecule has 0 aromatic rings. The van der Waals surface area contributed by atoms with E-state index in [0.717, 1.165) is 12.8 Å². The first-order chi connectivity index (χ1) is 14.2. The highest BCUT2D eigenvalue weighted by Crippen LogP contribution is 2.20. The largest absolute Gasteiger partial charge is 0.493 e. The number of rotatable bonds is 19. The Hall–Kier alpha value is -0.620. The van der Waals surface area contributed by atoms with E-state index in [1.807, 2.05) is 6.08 Å². The summed E-state index contributed by atoms with van der Waals surface area (Å²) in [5.74, 6) is 0. The van der Waals surface area contributed by atoms with Gasteiger partial charge in [0.05, 0.1) is 19.5 Å². The second kappa shape index (κ2) is 18.2. The molecule has 0 unspecified atom stereocenters. The minimum Gasteiger partial charge on any atom is -0.493 e. The molecule has 1 fully saturated rings. The summed E-state index contributed by atoms with van der Waals surface area (Å²) in [6.45, 7) is 2.10.